The number of aliphatic carboxylic acids is 1. The molecule has 26 heavy (non-hydrogen) atoms. The van der Waals surface area contributed by atoms with Crippen molar-refractivity contribution in [3.05, 3.63) is 64.7 Å². The zero-order chi connectivity index (χ0) is 18.9. The van der Waals surface area contributed by atoms with Crippen LogP contribution in [0.25, 0.3) is 0 Å². The van der Waals surface area contributed by atoms with E-state index in [1.807, 2.05) is 42.5 Å². The zero-order valence-corrected chi connectivity index (χ0v) is 15.3. The average molecular weight is 376 g/mol. The summed E-state index contributed by atoms with van der Waals surface area (Å²) in [6.45, 7) is 0. The minimum Gasteiger partial charge on any atom is -0.496 e. The first-order valence-corrected chi connectivity index (χ1v) is 8.79. The molecule has 0 aliphatic rings. The summed E-state index contributed by atoms with van der Waals surface area (Å²) in [5.41, 5.74) is 1.58. The highest BCUT2D eigenvalue weighted by Gasteiger charge is 2.22. The predicted octanol–water partition coefficient (Wildman–Crippen LogP) is 4.20. The van der Waals surface area contributed by atoms with Crippen LogP contribution in [0.2, 0.25) is 5.02 Å². The third-order valence-electron chi connectivity index (χ3n) is 4.02. The Bertz CT molecular complexity index is 763. The zero-order valence-electron chi connectivity index (χ0n) is 14.6. The minimum absolute atomic E-state index is 0.0632. The van der Waals surface area contributed by atoms with E-state index >= 15 is 0 Å². The van der Waals surface area contributed by atoms with Crippen LogP contribution in [-0.2, 0) is 9.59 Å². The molecule has 6 heteroatoms. The number of benzene rings is 2. The van der Waals surface area contributed by atoms with Gasteiger partial charge in [0.25, 0.3) is 0 Å². The van der Waals surface area contributed by atoms with Crippen molar-refractivity contribution in [3.63, 3.8) is 0 Å². The second-order valence-corrected chi connectivity index (χ2v) is 6.27. The van der Waals surface area contributed by atoms with E-state index in [9.17, 15) is 9.59 Å². The molecule has 138 valence electrons. The summed E-state index contributed by atoms with van der Waals surface area (Å²) in [4.78, 5) is 23.0. The fourth-order valence-electron chi connectivity index (χ4n) is 2.73. The monoisotopic (exact) mass is 375 g/mol. The number of halogens is 1. The van der Waals surface area contributed by atoms with E-state index < -0.39 is 12.0 Å². The molecule has 2 N–H and O–H groups in total. The van der Waals surface area contributed by atoms with Crippen molar-refractivity contribution in [1.29, 1.82) is 0 Å². The lowest BCUT2D eigenvalue weighted by Crippen LogP contribution is -2.29. The topological polar surface area (TPSA) is 75.6 Å². The summed E-state index contributed by atoms with van der Waals surface area (Å²) >= 11 is 6.35. The maximum absolute atomic E-state index is 12.4. The lowest BCUT2D eigenvalue weighted by Gasteiger charge is -2.23. The van der Waals surface area contributed by atoms with E-state index in [4.69, 9.17) is 21.4 Å². The molecule has 0 aromatic heterocycles. The number of carboxylic acids is 1. The van der Waals surface area contributed by atoms with E-state index in [1.165, 1.54) is 0 Å². The molecule has 2 aromatic rings. The quantitative estimate of drug-likeness (QED) is 0.644. The van der Waals surface area contributed by atoms with E-state index in [0.717, 1.165) is 11.1 Å². The molecule has 0 saturated heterocycles. The largest absolute Gasteiger partial charge is 0.496 e. The summed E-state index contributed by atoms with van der Waals surface area (Å²) in [5.74, 6) is -0.358. The molecule has 0 saturated carbocycles. The second kappa shape index (κ2) is 9.82. The Morgan fingerprint density at radius 2 is 1.65 bits per heavy atom. The minimum atomic E-state index is -0.853. The van der Waals surface area contributed by atoms with Crippen LogP contribution in [0.4, 0.5) is 0 Å². The van der Waals surface area contributed by atoms with Crippen molar-refractivity contribution < 1.29 is 19.4 Å². The highest BCUT2D eigenvalue weighted by Crippen LogP contribution is 2.33. The van der Waals surface area contributed by atoms with Crippen LogP contribution >= 0.6 is 11.6 Å². The van der Waals surface area contributed by atoms with Crippen LogP contribution in [0, 0.1) is 0 Å². The Morgan fingerprint density at radius 1 is 1.04 bits per heavy atom. The van der Waals surface area contributed by atoms with Gasteiger partial charge in [-0.3, -0.25) is 9.59 Å². The lowest BCUT2D eigenvalue weighted by molar-refractivity contribution is -0.137. The molecule has 0 heterocycles. The molecule has 1 atom stereocenters. The van der Waals surface area contributed by atoms with Crippen molar-refractivity contribution >= 4 is 23.5 Å². The summed E-state index contributed by atoms with van der Waals surface area (Å²) in [7, 11) is 1.58. The number of hydrogen-bond acceptors (Lipinski definition) is 3. The van der Waals surface area contributed by atoms with Gasteiger partial charge in [0.05, 0.1) is 13.2 Å². The smallest absolute Gasteiger partial charge is 0.303 e. The molecule has 2 rings (SSSR count). The van der Waals surface area contributed by atoms with Crippen molar-refractivity contribution in [3.8, 4) is 5.75 Å². The normalized spacial score (nSPS) is 11.6. The Hall–Kier alpha value is -2.53. The number of amides is 1. The molecule has 0 fully saturated rings. The molecule has 0 aliphatic carbocycles. The number of para-hydroxylation sites is 1. The SMILES string of the molecule is COc1ccccc1C(NC(=O)CCCCC(=O)O)c1ccccc1Cl. The Kier molecular flexibility index (Phi) is 7.48. The Morgan fingerprint density at radius 3 is 2.31 bits per heavy atom. The van der Waals surface area contributed by atoms with Gasteiger partial charge >= 0.3 is 5.97 Å². The van der Waals surface area contributed by atoms with Crippen LogP contribution in [0.3, 0.4) is 0 Å². The molecule has 1 amide bonds. The number of carbonyl (C=O) groups excluding carboxylic acids is 1. The number of carboxylic acid groups (broad SMARTS) is 1. The summed E-state index contributed by atoms with van der Waals surface area (Å²) in [6.07, 6.45) is 1.30. The van der Waals surface area contributed by atoms with E-state index in [2.05, 4.69) is 5.32 Å². The highest BCUT2D eigenvalue weighted by molar-refractivity contribution is 6.31. The van der Waals surface area contributed by atoms with Crippen molar-refractivity contribution in [1.82, 2.24) is 5.32 Å². The number of nitrogens with one attached hydrogen (secondary N) is 1. The molecule has 0 radical (unpaired) electrons. The first kappa shape index (κ1) is 19.8. The van der Waals surface area contributed by atoms with Gasteiger partial charge in [-0.25, -0.2) is 0 Å². The number of ether oxygens (including phenoxy) is 1. The van der Waals surface area contributed by atoms with Crippen LogP contribution in [-0.4, -0.2) is 24.1 Å². The van der Waals surface area contributed by atoms with Crippen molar-refractivity contribution in [2.75, 3.05) is 7.11 Å². The van der Waals surface area contributed by atoms with Crippen LogP contribution in [0.5, 0.6) is 5.75 Å². The third kappa shape index (κ3) is 5.49. The molecule has 0 aliphatic heterocycles. The number of carbonyl (C=O) groups is 2. The number of rotatable bonds is 9. The fraction of sp³-hybridized carbons (Fsp3) is 0.300. The van der Waals surface area contributed by atoms with Crippen molar-refractivity contribution in [2.24, 2.45) is 0 Å². The first-order chi connectivity index (χ1) is 12.5. The van der Waals surface area contributed by atoms with Crippen LogP contribution < -0.4 is 10.1 Å². The second-order valence-electron chi connectivity index (χ2n) is 5.86. The Labute approximate surface area is 157 Å². The molecular weight excluding hydrogens is 354 g/mol. The van der Waals surface area contributed by atoms with E-state index in [0.29, 0.717) is 23.6 Å². The van der Waals surface area contributed by atoms with Gasteiger partial charge in [-0.05, 0) is 30.5 Å². The molecule has 0 spiro atoms. The first-order valence-electron chi connectivity index (χ1n) is 8.41. The van der Waals surface area contributed by atoms with E-state index in [-0.39, 0.29) is 18.7 Å². The standard InChI is InChI=1S/C20H22ClNO4/c1-26-17-11-5-3-9-15(17)20(14-8-2-4-10-16(14)21)22-18(23)12-6-7-13-19(24)25/h2-5,8-11,20H,6-7,12-13H2,1H3,(H,22,23)(H,24,25). The van der Waals surface area contributed by atoms with Gasteiger partial charge in [0, 0.05) is 23.4 Å². The number of hydrogen-bond donors (Lipinski definition) is 2. The summed E-state index contributed by atoms with van der Waals surface area (Å²) < 4.78 is 5.43. The predicted molar refractivity (Wildman–Crippen MR) is 101 cm³/mol. The van der Waals surface area contributed by atoms with Crippen LogP contribution in [0.1, 0.15) is 42.9 Å². The van der Waals surface area contributed by atoms with Gasteiger partial charge in [-0.2, -0.15) is 0 Å². The lowest BCUT2D eigenvalue weighted by atomic mass is 9.97. The van der Waals surface area contributed by atoms with Gasteiger partial charge in [0.1, 0.15) is 5.75 Å². The van der Waals surface area contributed by atoms with Gasteiger partial charge in [0.2, 0.25) is 5.91 Å². The van der Waals surface area contributed by atoms with Crippen molar-refractivity contribution in [2.45, 2.75) is 31.7 Å². The molecule has 5 nitrogen and oxygen atoms in total. The summed E-state index contributed by atoms with van der Waals surface area (Å²) in [5, 5.41) is 12.2. The number of methoxy groups -OCH3 is 1. The maximum atomic E-state index is 12.4. The van der Waals surface area contributed by atoms with Crippen LogP contribution in [0.15, 0.2) is 48.5 Å². The van der Waals surface area contributed by atoms with Gasteiger partial charge in [0.15, 0.2) is 0 Å². The van der Waals surface area contributed by atoms with E-state index in [1.54, 1.807) is 13.2 Å². The average Bonchev–Trinajstić information content (AvgIpc) is 2.64. The molecule has 2 aromatic carbocycles. The third-order valence-corrected chi connectivity index (χ3v) is 4.36. The van der Waals surface area contributed by atoms with Gasteiger partial charge in [-0.15, -0.1) is 0 Å². The Balaban J connectivity index is 2.21. The van der Waals surface area contributed by atoms with Gasteiger partial charge < -0.3 is 15.2 Å². The maximum Gasteiger partial charge on any atom is 0.303 e. The fourth-order valence-corrected chi connectivity index (χ4v) is 2.98. The molecule has 0 bridgehead atoms. The molecular formula is C20H22ClNO4. The highest BCUT2D eigenvalue weighted by atomic mass is 35.5. The van der Waals surface area contributed by atoms with Gasteiger partial charge in [-0.1, -0.05) is 48.0 Å². The number of unbranched alkanes of at least 4 members (excludes halogenated alkanes) is 1. The summed E-state index contributed by atoms with van der Waals surface area (Å²) in [6, 6.07) is 14.3. The molecule has 1 unspecified atom stereocenters.